The van der Waals surface area contributed by atoms with E-state index in [0.29, 0.717) is 24.5 Å². The van der Waals surface area contributed by atoms with Crippen LogP contribution in [0.4, 0.5) is 0 Å². The van der Waals surface area contributed by atoms with Crippen LogP contribution in [0.1, 0.15) is 12.0 Å². The first kappa shape index (κ1) is 15.0. The zero-order valence-electron chi connectivity index (χ0n) is 9.54. The smallest absolute Gasteiger partial charge is 0.147 e. The van der Waals surface area contributed by atoms with Gasteiger partial charge in [-0.05, 0) is 46.6 Å². The van der Waals surface area contributed by atoms with Crippen molar-refractivity contribution in [1.29, 1.82) is 0 Å². The molecule has 96 valence electrons. The fourth-order valence-corrected chi connectivity index (χ4v) is 2.55. The first-order valence-electron chi connectivity index (χ1n) is 5.21. The molecule has 0 fully saturated rings. The van der Waals surface area contributed by atoms with Crippen LogP contribution in [0.15, 0.2) is 22.7 Å². The van der Waals surface area contributed by atoms with E-state index < -0.39 is 9.84 Å². The molecule has 0 bridgehead atoms. The molecule has 0 spiro atoms. The summed E-state index contributed by atoms with van der Waals surface area (Å²) >= 11 is 9.24. The normalized spacial score (nSPS) is 11.7. The minimum absolute atomic E-state index is 0.227. The molecule has 6 heteroatoms. The van der Waals surface area contributed by atoms with Gasteiger partial charge in [-0.25, -0.2) is 8.42 Å². The lowest BCUT2D eigenvalue weighted by atomic mass is 10.2. The molecule has 0 aliphatic carbocycles. The third kappa shape index (κ3) is 6.41. The number of sulfone groups is 1. The molecule has 0 saturated carbocycles. The van der Waals surface area contributed by atoms with Gasteiger partial charge >= 0.3 is 0 Å². The van der Waals surface area contributed by atoms with Crippen molar-refractivity contribution in [1.82, 2.24) is 5.32 Å². The first-order chi connectivity index (χ1) is 7.88. The summed E-state index contributed by atoms with van der Waals surface area (Å²) in [6, 6.07) is 5.72. The molecule has 0 heterocycles. The molecule has 1 aromatic carbocycles. The van der Waals surface area contributed by atoms with E-state index >= 15 is 0 Å². The standard InChI is InChI=1S/C11H15BrClNO2S/c1-17(15,16)6-2-5-14-8-9-3-4-11(13)10(12)7-9/h3-4,7,14H,2,5-6,8H2,1H3. The predicted octanol–water partition coefficient (Wildman–Crippen LogP) is 2.63. The van der Waals surface area contributed by atoms with Crippen LogP contribution in [0.5, 0.6) is 0 Å². The van der Waals surface area contributed by atoms with Crippen LogP contribution < -0.4 is 5.32 Å². The summed E-state index contributed by atoms with van der Waals surface area (Å²) < 4.78 is 22.7. The second kappa shape index (κ2) is 6.73. The van der Waals surface area contributed by atoms with Crippen LogP contribution in [0.3, 0.4) is 0 Å². The summed E-state index contributed by atoms with van der Waals surface area (Å²) in [7, 11) is -2.85. The number of hydrogen-bond donors (Lipinski definition) is 1. The van der Waals surface area contributed by atoms with Gasteiger partial charge in [-0.1, -0.05) is 17.7 Å². The van der Waals surface area contributed by atoms with Gasteiger partial charge in [0.1, 0.15) is 9.84 Å². The Morgan fingerprint density at radius 3 is 2.71 bits per heavy atom. The lowest BCUT2D eigenvalue weighted by Crippen LogP contribution is -2.17. The highest BCUT2D eigenvalue weighted by Crippen LogP contribution is 2.22. The zero-order chi connectivity index (χ0) is 12.9. The Morgan fingerprint density at radius 2 is 2.12 bits per heavy atom. The van der Waals surface area contributed by atoms with Crippen LogP contribution >= 0.6 is 27.5 Å². The quantitative estimate of drug-likeness (QED) is 0.810. The average molecular weight is 341 g/mol. The fourth-order valence-electron chi connectivity index (χ4n) is 1.34. The number of hydrogen-bond acceptors (Lipinski definition) is 3. The Balaban J connectivity index is 2.29. The molecule has 0 aromatic heterocycles. The van der Waals surface area contributed by atoms with Crippen LogP contribution in [-0.4, -0.2) is 27.0 Å². The molecular weight excluding hydrogens is 326 g/mol. The maximum absolute atomic E-state index is 10.9. The Morgan fingerprint density at radius 1 is 1.41 bits per heavy atom. The second-order valence-corrected chi connectivity index (χ2v) is 7.43. The number of halogens is 2. The van der Waals surface area contributed by atoms with E-state index in [0.717, 1.165) is 10.0 Å². The highest BCUT2D eigenvalue weighted by molar-refractivity contribution is 9.10. The minimum Gasteiger partial charge on any atom is -0.313 e. The second-order valence-electron chi connectivity index (χ2n) is 3.91. The van der Waals surface area contributed by atoms with Crippen LogP contribution in [-0.2, 0) is 16.4 Å². The first-order valence-corrected chi connectivity index (χ1v) is 8.44. The minimum atomic E-state index is -2.85. The summed E-state index contributed by atoms with van der Waals surface area (Å²) in [5.74, 6) is 0.227. The molecule has 0 aliphatic rings. The van der Waals surface area contributed by atoms with Crippen molar-refractivity contribution >= 4 is 37.4 Å². The van der Waals surface area contributed by atoms with E-state index in [9.17, 15) is 8.42 Å². The molecule has 1 rings (SSSR count). The SMILES string of the molecule is CS(=O)(=O)CCCNCc1ccc(Cl)c(Br)c1. The van der Waals surface area contributed by atoms with Gasteiger partial charge in [0, 0.05) is 17.3 Å². The van der Waals surface area contributed by atoms with Crippen molar-refractivity contribution in [2.75, 3.05) is 18.6 Å². The molecule has 0 radical (unpaired) electrons. The van der Waals surface area contributed by atoms with Crippen molar-refractivity contribution in [3.8, 4) is 0 Å². The van der Waals surface area contributed by atoms with Crippen molar-refractivity contribution in [3.05, 3.63) is 33.3 Å². The van der Waals surface area contributed by atoms with Crippen LogP contribution in [0.2, 0.25) is 5.02 Å². The number of benzene rings is 1. The third-order valence-electron chi connectivity index (χ3n) is 2.18. The lowest BCUT2D eigenvalue weighted by molar-refractivity contribution is 0.594. The Hall–Kier alpha value is -0.100. The van der Waals surface area contributed by atoms with Gasteiger partial charge in [0.2, 0.25) is 0 Å². The fraction of sp³-hybridized carbons (Fsp3) is 0.455. The third-order valence-corrected chi connectivity index (χ3v) is 4.43. The maximum Gasteiger partial charge on any atom is 0.147 e. The van der Waals surface area contributed by atoms with Crippen molar-refractivity contribution in [3.63, 3.8) is 0 Å². The molecule has 1 N–H and O–H groups in total. The van der Waals surface area contributed by atoms with E-state index in [4.69, 9.17) is 11.6 Å². The molecule has 0 aliphatic heterocycles. The van der Waals surface area contributed by atoms with E-state index in [1.165, 1.54) is 6.26 Å². The summed E-state index contributed by atoms with van der Waals surface area (Å²) in [5.41, 5.74) is 1.11. The van der Waals surface area contributed by atoms with Gasteiger partial charge in [-0.3, -0.25) is 0 Å². The van der Waals surface area contributed by atoms with Gasteiger partial charge < -0.3 is 5.32 Å². The van der Waals surface area contributed by atoms with E-state index in [-0.39, 0.29) is 5.75 Å². The highest BCUT2D eigenvalue weighted by Gasteiger charge is 2.01. The van der Waals surface area contributed by atoms with Gasteiger partial charge in [0.15, 0.2) is 0 Å². The summed E-state index contributed by atoms with van der Waals surface area (Å²) in [5, 5.41) is 3.88. The largest absolute Gasteiger partial charge is 0.313 e. The van der Waals surface area contributed by atoms with E-state index in [2.05, 4.69) is 21.2 Å². The zero-order valence-corrected chi connectivity index (χ0v) is 12.7. The van der Waals surface area contributed by atoms with Crippen molar-refractivity contribution < 1.29 is 8.42 Å². The molecule has 1 aromatic rings. The van der Waals surface area contributed by atoms with Gasteiger partial charge in [-0.15, -0.1) is 0 Å². The van der Waals surface area contributed by atoms with Crippen molar-refractivity contribution in [2.45, 2.75) is 13.0 Å². The van der Waals surface area contributed by atoms with Crippen molar-refractivity contribution in [2.24, 2.45) is 0 Å². The van der Waals surface area contributed by atoms with Crippen LogP contribution in [0.25, 0.3) is 0 Å². The highest BCUT2D eigenvalue weighted by atomic mass is 79.9. The average Bonchev–Trinajstić information content (AvgIpc) is 2.21. The van der Waals surface area contributed by atoms with Gasteiger partial charge in [0.25, 0.3) is 0 Å². The Kier molecular flexibility index (Phi) is 5.92. The van der Waals surface area contributed by atoms with Gasteiger partial charge in [0.05, 0.1) is 10.8 Å². The number of rotatable bonds is 6. The Labute approximate surface area is 116 Å². The summed E-state index contributed by atoms with van der Waals surface area (Å²) in [6.45, 7) is 1.40. The van der Waals surface area contributed by atoms with E-state index in [1.807, 2.05) is 18.2 Å². The molecule has 0 saturated heterocycles. The lowest BCUT2D eigenvalue weighted by Gasteiger charge is -2.05. The maximum atomic E-state index is 10.9. The molecule has 0 atom stereocenters. The van der Waals surface area contributed by atoms with E-state index in [1.54, 1.807) is 0 Å². The molecular formula is C11H15BrClNO2S. The monoisotopic (exact) mass is 339 g/mol. The topological polar surface area (TPSA) is 46.2 Å². The molecule has 17 heavy (non-hydrogen) atoms. The molecule has 0 amide bonds. The Bertz CT molecular complexity index is 476. The summed E-state index contributed by atoms with van der Waals surface area (Å²) in [4.78, 5) is 0. The molecule has 3 nitrogen and oxygen atoms in total. The summed E-state index contributed by atoms with van der Waals surface area (Å²) in [6.07, 6.45) is 1.89. The van der Waals surface area contributed by atoms with Gasteiger partial charge in [-0.2, -0.15) is 0 Å². The predicted molar refractivity (Wildman–Crippen MR) is 75.2 cm³/mol. The molecule has 0 unspecified atom stereocenters. The van der Waals surface area contributed by atoms with Crippen LogP contribution in [0, 0.1) is 0 Å². The number of nitrogens with one attached hydrogen (secondary N) is 1.